The molecule has 0 bridgehead atoms. The summed E-state index contributed by atoms with van der Waals surface area (Å²) in [5.74, 6) is 0. The molecule has 2 aromatic rings. The number of morpholine rings is 1. The number of carbonyl (C=O) groups excluding carboxylic acids is 1. The number of ether oxygens (including phenoxy) is 2. The first-order chi connectivity index (χ1) is 15.2. The maximum absolute atomic E-state index is 12.5. The second kappa shape index (κ2) is 9.77. The second-order valence-electron chi connectivity index (χ2n) is 9.43. The van der Waals surface area contributed by atoms with E-state index < -0.39 is 5.60 Å². The zero-order chi connectivity index (χ0) is 22.9. The molecule has 0 aromatic carbocycles. The Bertz CT molecular complexity index is 895. The van der Waals surface area contributed by atoms with Gasteiger partial charge in [0.25, 0.3) is 0 Å². The average Bonchev–Trinajstić information content (AvgIpc) is 3.16. The minimum absolute atomic E-state index is 0.0671. The van der Waals surface area contributed by atoms with Crippen molar-refractivity contribution in [2.45, 2.75) is 57.0 Å². The topological polar surface area (TPSA) is 71.0 Å². The molecule has 2 unspecified atom stereocenters. The van der Waals surface area contributed by atoms with E-state index in [1.54, 1.807) is 17.7 Å². The molecule has 4 heterocycles. The number of nitrogens with zero attached hydrogens (tertiary/aromatic N) is 5. The van der Waals surface area contributed by atoms with Gasteiger partial charge in [-0.1, -0.05) is 11.6 Å². The number of hydrogen-bond donors (Lipinski definition) is 0. The van der Waals surface area contributed by atoms with E-state index in [1.807, 2.05) is 31.9 Å². The molecule has 176 valence electrons. The molecule has 2 saturated heterocycles. The molecule has 4 rings (SSSR count). The lowest BCUT2D eigenvalue weighted by atomic mass is 10.0. The number of hydrogen-bond acceptors (Lipinski definition) is 8. The van der Waals surface area contributed by atoms with E-state index in [1.165, 1.54) is 4.88 Å². The zero-order valence-corrected chi connectivity index (χ0v) is 20.7. The Hall–Kier alpha value is -1.52. The summed E-state index contributed by atoms with van der Waals surface area (Å²) >= 11 is 8.09. The Morgan fingerprint density at radius 3 is 2.75 bits per heavy atom. The highest BCUT2D eigenvalue weighted by Gasteiger charge is 2.36. The van der Waals surface area contributed by atoms with Gasteiger partial charge in [0.1, 0.15) is 17.5 Å². The molecule has 2 aliphatic heterocycles. The summed E-state index contributed by atoms with van der Waals surface area (Å²) in [7, 11) is 2.17. The minimum Gasteiger partial charge on any atom is -0.444 e. The summed E-state index contributed by atoms with van der Waals surface area (Å²) in [5.41, 5.74) is 0.172. The van der Waals surface area contributed by atoms with E-state index >= 15 is 0 Å². The fourth-order valence-electron chi connectivity index (χ4n) is 4.40. The summed E-state index contributed by atoms with van der Waals surface area (Å²) < 4.78 is 12.2. The van der Waals surface area contributed by atoms with Gasteiger partial charge < -0.3 is 14.4 Å². The number of fused-ring (bicyclic) bond motifs is 1. The Labute approximate surface area is 198 Å². The first kappa shape index (κ1) is 23.6. The summed E-state index contributed by atoms with van der Waals surface area (Å²) in [4.78, 5) is 28.9. The van der Waals surface area contributed by atoms with Crippen LogP contribution in [-0.2, 0) is 9.47 Å². The standard InChI is InChI=1S/C22H32ClN5O3S/c1-22(2,3)31-21(29)27-7-5-15(6-8-27)26(4)20(28-9-10-30-19(23)13-28)17-11-16-18(32-17)12-24-14-25-16/h11-12,14-15,19-20H,5-10,13H2,1-4H3. The van der Waals surface area contributed by atoms with Gasteiger partial charge in [-0.3, -0.25) is 9.80 Å². The predicted molar refractivity (Wildman–Crippen MR) is 126 cm³/mol. The molecule has 2 aliphatic rings. The number of aromatic nitrogens is 2. The van der Waals surface area contributed by atoms with Crippen molar-refractivity contribution in [1.29, 1.82) is 0 Å². The van der Waals surface area contributed by atoms with Crippen LogP contribution in [0.15, 0.2) is 18.6 Å². The molecule has 2 aromatic heterocycles. The number of thiophene rings is 1. The van der Waals surface area contributed by atoms with Gasteiger partial charge in [0.15, 0.2) is 0 Å². The molecule has 2 fully saturated rings. The first-order valence-electron chi connectivity index (χ1n) is 11.1. The summed E-state index contributed by atoms with van der Waals surface area (Å²) in [6, 6.07) is 2.50. The quantitative estimate of drug-likeness (QED) is 0.613. The number of rotatable bonds is 4. The van der Waals surface area contributed by atoms with E-state index in [-0.39, 0.29) is 17.8 Å². The van der Waals surface area contributed by atoms with Crippen LogP contribution in [0.5, 0.6) is 0 Å². The van der Waals surface area contributed by atoms with Crippen molar-refractivity contribution in [2.75, 3.05) is 39.8 Å². The van der Waals surface area contributed by atoms with Crippen molar-refractivity contribution in [3.05, 3.63) is 23.5 Å². The summed E-state index contributed by atoms with van der Waals surface area (Å²) in [5, 5.41) is 0. The van der Waals surface area contributed by atoms with Crippen LogP contribution in [0.25, 0.3) is 10.2 Å². The largest absolute Gasteiger partial charge is 0.444 e. The lowest BCUT2D eigenvalue weighted by molar-refractivity contribution is -0.0587. The predicted octanol–water partition coefficient (Wildman–Crippen LogP) is 3.92. The lowest BCUT2D eigenvalue weighted by Gasteiger charge is -2.45. The van der Waals surface area contributed by atoms with Gasteiger partial charge in [0.05, 0.1) is 23.0 Å². The SMILES string of the molecule is CN(C1CCN(C(=O)OC(C)(C)C)CC1)C(c1cc2ncncc2s1)N1CCOC(Cl)C1. The average molecular weight is 482 g/mol. The van der Waals surface area contributed by atoms with Crippen LogP contribution >= 0.6 is 22.9 Å². The molecule has 0 spiro atoms. The highest BCUT2D eigenvalue weighted by molar-refractivity contribution is 7.19. The van der Waals surface area contributed by atoms with E-state index in [4.69, 9.17) is 21.1 Å². The fourth-order valence-corrected chi connectivity index (χ4v) is 5.84. The monoisotopic (exact) mass is 481 g/mol. The van der Waals surface area contributed by atoms with Crippen molar-refractivity contribution < 1.29 is 14.3 Å². The second-order valence-corrected chi connectivity index (χ2v) is 11.0. The van der Waals surface area contributed by atoms with Gasteiger partial charge in [0, 0.05) is 43.3 Å². The van der Waals surface area contributed by atoms with Gasteiger partial charge in [-0.2, -0.15) is 0 Å². The minimum atomic E-state index is -0.478. The third-order valence-corrected chi connectivity index (χ3v) is 7.31. The number of halogens is 1. The van der Waals surface area contributed by atoms with E-state index in [0.29, 0.717) is 32.3 Å². The molecule has 2 atom stereocenters. The Morgan fingerprint density at radius 1 is 1.34 bits per heavy atom. The van der Waals surface area contributed by atoms with Crippen molar-refractivity contribution in [3.63, 3.8) is 0 Å². The normalized spacial score (nSPS) is 22.4. The van der Waals surface area contributed by atoms with E-state index in [2.05, 4.69) is 32.9 Å². The molecule has 32 heavy (non-hydrogen) atoms. The van der Waals surface area contributed by atoms with Crippen molar-refractivity contribution in [1.82, 2.24) is 24.7 Å². The number of carbonyl (C=O) groups is 1. The molecule has 8 nitrogen and oxygen atoms in total. The Balaban J connectivity index is 1.50. The van der Waals surface area contributed by atoms with E-state index in [9.17, 15) is 4.79 Å². The molecule has 0 saturated carbocycles. The maximum atomic E-state index is 12.5. The van der Waals surface area contributed by atoms with Crippen LogP contribution in [0.2, 0.25) is 0 Å². The molecule has 10 heteroatoms. The Kier molecular flexibility index (Phi) is 7.21. The fraction of sp³-hybridized carbons (Fsp3) is 0.682. The number of amides is 1. The maximum Gasteiger partial charge on any atom is 0.410 e. The van der Waals surface area contributed by atoms with Crippen LogP contribution in [-0.4, -0.2) is 87.8 Å². The summed E-state index contributed by atoms with van der Waals surface area (Å²) in [6.07, 6.45) is 5.09. The van der Waals surface area contributed by atoms with Crippen LogP contribution in [0.4, 0.5) is 4.79 Å². The molecule has 0 radical (unpaired) electrons. The lowest BCUT2D eigenvalue weighted by Crippen LogP contribution is -2.52. The smallest absolute Gasteiger partial charge is 0.410 e. The highest BCUT2D eigenvalue weighted by Crippen LogP contribution is 2.36. The third kappa shape index (κ3) is 5.51. The number of alkyl halides is 1. The first-order valence-corrected chi connectivity index (χ1v) is 12.4. The molecule has 1 amide bonds. The molecular weight excluding hydrogens is 450 g/mol. The number of likely N-dealkylation sites (tertiary alicyclic amines) is 1. The van der Waals surface area contributed by atoms with Crippen molar-refractivity contribution in [2.24, 2.45) is 0 Å². The van der Waals surface area contributed by atoms with Gasteiger partial charge in [-0.05, 0) is 46.7 Å². The van der Waals surface area contributed by atoms with Crippen molar-refractivity contribution in [3.8, 4) is 0 Å². The Morgan fingerprint density at radius 2 is 2.09 bits per heavy atom. The van der Waals surface area contributed by atoms with Crippen molar-refractivity contribution >= 4 is 39.2 Å². The molecule has 0 aliphatic carbocycles. The van der Waals surface area contributed by atoms with Gasteiger partial charge in [0.2, 0.25) is 0 Å². The van der Waals surface area contributed by atoms with Crippen LogP contribution < -0.4 is 0 Å². The zero-order valence-electron chi connectivity index (χ0n) is 19.2. The van der Waals surface area contributed by atoms with E-state index in [0.717, 1.165) is 29.6 Å². The van der Waals surface area contributed by atoms with Crippen LogP contribution in [0.3, 0.4) is 0 Å². The third-order valence-electron chi connectivity index (χ3n) is 5.95. The number of piperidine rings is 1. The molecular formula is C22H32ClN5O3S. The summed E-state index contributed by atoms with van der Waals surface area (Å²) in [6.45, 7) is 9.17. The molecule has 0 N–H and O–H groups in total. The highest BCUT2D eigenvalue weighted by atomic mass is 35.5. The van der Waals surface area contributed by atoms with Crippen LogP contribution in [0.1, 0.15) is 44.7 Å². The van der Waals surface area contributed by atoms with Gasteiger partial charge in [-0.25, -0.2) is 14.8 Å². The van der Waals surface area contributed by atoms with Crippen LogP contribution in [0, 0.1) is 0 Å². The van der Waals surface area contributed by atoms with Gasteiger partial charge >= 0.3 is 6.09 Å². The van der Waals surface area contributed by atoms with Gasteiger partial charge in [-0.15, -0.1) is 11.3 Å².